The topological polar surface area (TPSA) is 63.9 Å². The smallest absolute Gasteiger partial charge is 0.270 e. The van der Waals surface area contributed by atoms with Gasteiger partial charge in [-0.25, -0.2) is 0 Å². The summed E-state index contributed by atoms with van der Waals surface area (Å²) in [6.07, 6.45) is 1.35. The summed E-state index contributed by atoms with van der Waals surface area (Å²) in [5, 5.41) is 11.2. The van der Waals surface area contributed by atoms with Gasteiger partial charge in [-0.2, -0.15) is 0 Å². The lowest BCUT2D eigenvalue weighted by atomic mass is 9.95. The molecule has 1 aliphatic heterocycles. The van der Waals surface area contributed by atoms with Gasteiger partial charge < -0.3 is 24.0 Å². The Hall–Kier alpha value is -2.77. The fourth-order valence-corrected chi connectivity index (χ4v) is 4.87. The molecule has 0 saturated heterocycles. The molecule has 0 atom stereocenters. The van der Waals surface area contributed by atoms with Crippen LogP contribution in [-0.4, -0.2) is 53.4 Å². The first-order valence-corrected chi connectivity index (χ1v) is 12.1. The summed E-state index contributed by atoms with van der Waals surface area (Å²) in [6.45, 7) is 7.34. The molecule has 2 aromatic heterocycles. The molecule has 6 nitrogen and oxygen atoms in total. The van der Waals surface area contributed by atoms with Gasteiger partial charge in [-0.05, 0) is 62.4 Å². The normalized spacial score (nSPS) is 12.8. The van der Waals surface area contributed by atoms with E-state index in [1.807, 2.05) is 52.1 Å². The highest BCUT2D eigenvalue weighted by atomic mass is 32.1. The van der Waals surface area contributed by atoms with Gasteiger partial charge in [0, 0.05) is 48.2 Å². The van der Waals surface area contributed by atoms with Crippen molar-refractivity contribution in [3.63, 3.8) is 0 Å². The maximum Gasteiger partial charge on any atom is 0.270 e. The minimum Gasteiger partial charge on any atom is -0.493 e. The number of carbonyl (C=O) groups is 1. The Morgan fingerprint density at radius 1 is 1.21 bits per heavy atom. The van der Waals surface area contributed by atoms with Crippen LogP contribution in [0.2, 0.25) is 0 Å². The van der Waals surface area contributed by atoms with E-state index < -0.39 is 0 Å². The van der Waals surface area contributed by atoms with Gasteiger partial charge in [0.2, 0.25) is 0 Å². The third kappa shape index (κ3) is 4.39. The zero-order valence-corrected chi connectivity index (χ0v) is 20.8. The highest BCUT2D eigenvalue weighted by Gasteiger charge is 2.32. The van der Waals surface area contributed by atoms with Crippen LogP contribution >= 0.6 is 11.3 Å². The van der Waals surface area contributed by atoms with Gasteiger partial charge in [-0.1, -0.05) is 6.07 Å². The Kier molecular flexibility index (Phi) is 6.54. The van der Waals surface area contributed by atoms with Crippen LogP contribution in [0.25, 0.3) is 21.7 Å². The van der Waals surface area contributed by atoms with E-state index in [0.717, 1.165) is 34.7 Å². The van der Waals surface area contributed by atoms with Gasteiger partial charge in [0.25, 0.3) is 5.91 Å². The second kappa shape index (κ2) is 9.23. The fourth-order valence-electron chi connectivity index (χ4n) is 4.13. The van der Waals surface area contributed by atoms with Crippen LogP contribution in [0.15, 0.2) is 35.7 Å². The van der Waals surface area contributed by atoms with Gasteiger partial charge in [-0.15, -0.1) is 11.3 Å². The largest absolute Gasteiger partial charge is 0.493 e. The van der Waals surface area contributed by atoms with Gasteiger partial charge in [-0.3, -0.25) is 4.79 Å². The van der Waals surface area contributed by atoms with E-state index in [1.165, 1.54) is 5.56 Å². The van der Waals surface area contributed by atoms with Crippen molar-refractivity contribution < 1.29 is 19.4 Å². The van der Waals surface area contributed by atoms with Crippen LogP contribution in [0.3, 0.4) is 0 Å². The first-order valence-electron chi connectivity index (χ1n) is 11.3. The van der Waals surface area contributed by atoms with Crippen LogP contribution in [0.5, 0.6) is 11.5 Å². The van der Waals surface area contributed by atoms with Gasteiger partial charge in [0.05, 0.1) is 19.4 Å². The van der Waals surface area contributed by atoms with Crippen molar-refractivity contribution in [1.29, 1.82) is 0 Å². The number of thiophene rings is 1. The van der Waals surface area contributed by atoms with Crippen molar-refractivity contribution in [3.8, 4) is 33.2 Å². The molecule has 3 heterocycles. The molecule has 7 heteroatoms. The van der Waals surface area contributed by atoms with E-state index in [2.05, 4.69) is 16.0 Å². The number of methoxy groups -OCH3 is 1. The monoisotopic (exact) mass is 468 g/mol. The number of carbonyl (C=O) groups excluding carboxylic acids is 1. The number of aliphatic hydroxyl groups excluding tert-OH is 1. The highest BCUT2D eigenvalue weighted by Crippen LogP contribution is 2.45. The second-order valence-corrected chi connectivity index (χ2v) is 10.2. The van der Waals surface area contributed by atoms with Crippen molar-refractivity contribution >= 4 is 17.2 Å². The number of aryl methyl sites for hydroxylation is 1. The molecule has 0 fully saturated rings. The molecule has 176 valence electrons. The summed E-state index contributed by atoms with van der Waals surface area (Å²) < 4.78 is 13.7. The number of aromatic nitrogens is 1. The van der Waals surface area contributed by atoms with Crippen LogP contribution in [0.4, 0.5) is 0 Å². The van der Waals surface area contributed by atoms with Crippen LogP contribution in [-0.2, 0) is 13.0 Å². The van der Waals surface area contributed by atoms with Crippen LogP contribution in [0, 0.1) is 0 Å². The third-order valence-electron chi connectivity index (χ3n) is 6.22. The van der Waals surface area contributed by atoms with Crippen molar-refractivity contribution in [2.45, 2.75) is 45.7 Å². The fraction of sp³-hybridized carbons (Fsp3) is 0.423. The maximum absolute atomic E-state index is 13.5. The molecule has 3 aromatic rings. The van der Waals surface area contributed by atoms with Crippen molar-refractivity contribution in [3.05, 3.63) is 47.0 Å². The van der Waals surface area contributed by atoms with Crippen LogP contribution < -0.4 is 9.47 Å². The standard InChI is InChI=1S/C26H32N2O4S/c1-26(2,3)27(4)25(30)20-15-19(23-8-6-13-33-23)24-18-16-22(32-12-7-11-29)21(31-5)14-17(18)9-10-28(20)24/h6,8,13-16,29H,7,9-12H2,1-5H3. The zero-order valence-electron chi connectivity index (χ0n) is 20.0. The third-order valence-corrected chi connectivity index (χ3v) is 7.13. The van der Waals surface area contributed by atoms with E-state index in [4.69, 9.17) is 14.6 Å². The second-order valence-electron chi connectivity index (χ2n) is 9.29. The predicted octanol–water partition coefficient (Wildman–Crippen LogP) is 5.08. The number of amides is 1. The van der Waals surface area contributed by atoms with Crippen molar-refractivity contribution in [2.75, 3.05) is 27.4 Å². The van der Waals surface area contributed by atoms with E-state index >= 15 is 0 Å². The highest BCUT2D eigenvalue weighted by molar-refractivity contribution is 7.13. The summed E-state index contributed by atoms with van der Waals surface area (Å²) in [5.41, 5.74) is 4.76. The minimum atomic E-state index is -0.279. The molecule has 0 spiro atoms. The maximum atomic E-state index is 13.5. The lowest BCUT2D eigenvalue weighted by Crippen LogP contribution is -2.43. The molecule has 1 aromatic carbocycles. The van der Waals surface area contributed by atoms with Gasteiger partial charge in [0.15, 0.2) is 11.5 Å². The molecular formula is C26H32N2O4S. The number of fused-ring (bicyclic) bond motifs is 3. The first kappa shape index (κ1) is 23.4. The average Bonchev–Trinajstić information content (AvgIpc) is 3.45. The molecule has 1 amide bonds. The Morgan fingerprint density at radius 3 is 2.64 bits per heavy atom. The molecule has 0 radical (unpaired) electrons. The SMILES string of the molecule is COc1cc2c(cc1OCCCO)-c1c(-c3cccs3)cc(C(=O)N(C)C(C)(C)C)n1CC2. The molecule has 33 heavy (non-hydrogen) atoms. The summed E-state index contributed by atoms with van der Waals surface area (Å²) in [6, 6.07) is 10.2. The summed E-state index contributed by atoms with van der Waals surface area (Å²) in [5.74, 6) is 1.35. The number of hydrogen-bond acceptors (Lipinski definition) is 5. The van der Waals surface area contributed by atoms with Gasteiger partial charge in [0.1, 0.15) is 5.69 Å². The Bertz CT molecular complexity index is 1140. The molecule has 0 saturated carbocycles. The van der Waals surface area contributed by atoms with Crippen molar-refractivity contribution in [2.24, 2.45) is 0 Å². The lowest BCUT2D eigenvalue weighted by molar-refractivity contribution is 0.0644. The predicted molar refractivity (Wildman–Crippen MR) is 132 cm³/mol. The lowest BCUT2D eigenvalue weighted by Gasteiger charge is -2.32. The Balaban J connectivity index is 1.88. The average molecular weight is 469 g/mol. The number of nitrogens with zero attached hydrogens (tertiary/aromatic N) is 2. The molecular weight excluding hydrogens is 436 g/mol. The number of benzene rings is 1. The van der Waals surface area contributed by atoms with Gasteiger partial charge >= 0.3 is 0 Å². The van der Waals surface area contributed by atoms with E-state index in [9.17, 15) is 4.79 Å². The number of rotatable bonds is 7. The summed E-state index contributed by atoms with van der Waals surface area (Å²) in [7, 11) is 3.50. The molecule has 0 unspecified atom stereocenters. The minimum absolute atomic E-state index is 0.0166. The zero-order chi connectivity index (χ0) is 23.8. The van der Waals surface area contributed by atoms with E-state index in [1.54, 1.807) is 23.3 Å². The number of aliphatic hydroxyl groups is 1. The molecule has 1 N–H and O–H groups in total. The molecule has 1 aliphatic rings. The Labute approximate surface area is 199 Å². The van der Waals surface area contributed by atoms with E-state index in [-0.39, 0.29) is 18.1 Å². The quantitative estimate of drug-likeness (QED) is 0.491. The van der Waals surface area contributed by atoms with E-state index in [0.29, 0.717) is 30.2 Å². The number of hydrogen-bond donors (Lipinski definition) is 1. The number of ether oxygens (including phenoxy) is 2. The molecule has 0 aliphatic carbocycles. The molecule has 4 rings (SSSR count). The Morgan fingerprint density at radius 2 is 2.00 bits per heavy atom. The summed E-state index contributed by atoms with van der Waals surface area (Å²) >= 11 is 1.67. The first-order chi connectivity index (χ1) is 15.8. The summed E-state index contributed by atoms with van der Waals surface area (Å²) in [4.78, 5) is 16.5. The van der Waals surface area contributed by atoms with Crippen LogP contribution in [0.1, 0.15) is 43.2 Å². The van der Waals surface area contributed by atoms with Crippen molar-refractivity contribution in [1.82, 2.24) is 9.47 Å². The molecule has 0 bridgehead atoms.